The normalized spacial score (nSPS) is 10.9. The van der Waals surface area contributed by atoms with Crippen LogP contribution in [0.4, 0.5) is 5.69 Å². The van der Waals surface area contributed by atoms with Gasteiger partial charge in [0, 0.05) is 23.0 Å². The number of aromatic nitrogens is 4. The molecular weight excluding hydrogens is 446 g/mol. The topological polar surface area (TPSA) is 72.7 Å². The number of hydrogen-bond donors (Lipinski definition) is 1. The van der Waals surface area contributed by atoms with Crippen LogP contribution >= 0.6 is 0 Å². The van der Waals surface area contributed by atoms with Crippen molar-refractivity contribution >= 4 is 22.6 Å². The van der Waals surface area contributed by atoms with E-state index in [-0.39, 0.29) is 5.91 Å². The zero-order valence-electron chi connectivity index (χ0n) is 19.2. The van der Waals surface area contributed by atoms with Gasteiger partial charge in [0.25, 0.3) is 5.91 Å². The molecule has 0 radical (unpaired) electrons. The Kier molecular flexibility index (Phi) is 5.52. The van der Waals surface area contributed by atoms with Gasteiger partial charge in [-0.15, -0.1) is 0 Å². The fraction of sp³-hybridized carbons (Fsp3) is 0. The molecule has 0 aliphatic carbocycles. The molecule has 0 fully saturated rings. The number of benzene rings is 4. The van der Waals surface area contributed by atoms with Gasteiger partial charge in [-0.05, 0) is 36.4 Å². The fourth-order valence-corrected chi connectivity index (χ4v) is 4.08. The Morgan fingerprint density at radius 2 is 1.36 bits per heavy atom. The maximum Gasteiger partial charge on any atom is 0.259 e. The van der Waals surface area contributed by atoms with Gasteiger partial charge in [0.2, 0.25) is 0 Å². The summed E-state index contributed by atoms with van der Waals surface area (Å²) in [4.78, 5) is 22.6. The van der Waals surface area contributed by atoms with Crippen LogP contribution < -0.4 is 5.32 Å². The predicted molar refractivity (Wildman–Crippen MR) is 142 cm³/mol. The highest BCUT2D eigenvalue weighted by atomic mass is 16.1. The minimum atomic E-state index is -0.228. The Morgan fingerprint density at radius 1 is 0.694 bits per heavy atom. The third kappa shape index (κ3) is 4.23. The Morgan fingerprint density at radius 3 is 2.11 bits per heavy atom. The number of nitrogens with zero attached hydrogens (tertiary/aromatic N) is 4. The predicted octanol–water partition coefficient (Wildman–Crippen LogP) is 6.40. The van der Waals surface area contributed by atoms with Crippen LogP contribution in [0.5, 0.6) is 0 Å². The van der Waals surface area contributed by atoms with Gasteiger partial charge >= 0.3 is 0 Å². The second-order valence-electron chi connectivity index (χ2n) is 8.31. The molecule has 6 heteroatoms. The van der Waals surface area contributed by atoms with E-state index in [1.807, 2.05) is 109 Å². The number of nitrogens with one attached hydrogen (secondary N) is 1. The van der Waals surface area contributed by atoms with E-state index in [0.717, 1.165) is 33.5 Å². The molecule has 6 nitrogen and oxygen atoms in total. The molecule has 172 valence electrons. The van der Waals surface area contributed by atoms with Crippen molar-refractivity contribution in [3.63, 3.8) is 0 Å². The number of amides is 1. The van der Waals surface area contributed by atoms with Crippen LogP contribution in [0, 0.1) is 0 Å². The first-order valence-corrected chi connectivity index (χ1v) is 11.6. The lowest BCUT2D eigenvalue weighted by Crippen LogP contribution is -2.12. The highest BCUT2D eigenvalue weighted by Gasteiger charge is 2.19. The maximum atomic E-state index is 13.4. The second-order valence-corrected chi connectivity index (χ2v) is 8.31. The summed E-state index contributed by atoms with van der Waals surface area (Å²) in [7, 11) is 0. The first-order chi connectivity index (χ1) is 17.7. The number of para-hydroxylation sites is 3. The van der Waals surface area contributed by atoms with Gasteiger partial charge in [0.15, 0.2) is 0 Å². The minimum absolute atomic E-state index is 0.228. The summed E-state index contributed by atoms with van der Waals surface area (Å²) in [5.74, 6) is -0.228. The maximum absolute atomic E-state index is 13.4. The standard InChI is InChI=1S/C30H21N5O/c36-30(25-20-35(24-11-5-2-6-12-24)34-29(25)22-9-3-1-4-10-22)32-23-17-15-21(16-18-23)28-19-31-26-13-7-8-14-27(26)33-28/h1-20H,(H,32,36). The van der Waals surface area contributed by atoms with Crippen molar-refractivity contribution < 1.29 is 4.79 Å². The van der Waals surface area contributed by atoms with Gasteiger partial charge in [-0.25, -0.2) is 9.67 Å². The lowest BCUT2D eigenvalue weighted by Gasteiger charge is -2.07. The fourth-order valence-electron chi connectivity index (χ4n) is 4.08. The molecule has 2 aromatic heterocycles. The quantitative estimate of drug-likeness (QED) is 0.318. The van der Waals surface area contributed by atoms with Gasteiger partial charge in [0.05, 0.1) is 34.2 Å². The molecule has 4 aromatic carbocycles. The Hall–Kier alpha value is -5.10. The third-order valence-electron chi connectivity index (χ3n) is 5.91. The van der Waals surface area contributed by atoms with Crippen LogP contribution in [0.2, 0.25) is 0 Å². The second kappa shape index (κ2) is 9.27. The number of anilines is 1. The first kappa shape index (κ1) is 21.4. The van der Waals surface area contributed by atoms with Crippen LogP contribution in [0.1, 0.15) is 10.4 Å². The van der Waals surface area contributed by atoms with Gasteiger partial charge < -0.3 is 5.32 Å². The van der Waals surface area contributed by atoms with E-state index in [0.29, 0.717) is 16.9 Å². The van der Waals surface area contributed by atoms with E-state index >= 15 is 0 Å². The largest absolute Gasteiger partial charge is 0.322 e. The van der Waals surface area contributed by atoms with Gasteiger partial charge in [-0.3, -0.25) is 9.78 Å². The van der Waals surface area contributed by atoms with Crippen LogP contribution in [0.15, 0.2) is 122 Å². The van der Waals surface area contributed by atoms with Crippen molar-refractivity contribution in [2.24, 2.45) is 0 Å². The monoisotopic (exact) mass is 467 g/mol. The molecule has 6 rings (SSSR count). The molecule has 2 heterocycles. The minimum Gasteiger partial charge on any atom is -0.322 e. The average Bonchev–Trinajstić information content (AvgIpc) is 3.40. The van der Waals surface area contributed by atoms with Crippen molar-refractivity contribution in [2.45, 2.75) is 0 Å². The number of carbonyl (C=O) groups is 1. The van der Waals surface area contributed by atoms with Crippen LogP contribution in [0.25, 0.3) is 39.2 Å². The van der Waals surface area contributed by atoms with E-state index < -0.39 is 0 Å². The molecule has 36 heavy (non-hydrogen) atoms. The zero-order chi connectivity index (χ0) is 24.3. The number of hydrogen-bond acceptors (Lipinski definition) is 4. The summed E-state index contributed by atoms with van der Waals surface area (Å²) >= 11 is 0. The smallest absolute Gasteiger partial charge is 0.259 e. The Balaban J connectivity index is 1.29. The zero-order valence-corrected chi connectivity index (χ0v) is 19.2. The Bertz CT molecular complexity index is 1660. The van der Waals surface area contributed by atoms with Gasteiger partial charge in [-0.1, -0.05) is 72.8 Å². The lowest BCUT2D eigenvalue weighted by atomic mass is 10.1. The third-order valence-corrected chi connectivity index (χ3v) is 5.91. The first-order valence-electron chi connectivity index (χ1n) is 11.6. The summed E-state index contributed by atoms with van der Waals surface area (Å²) in [6, 6.07) is 34.9. The van der Waals surface area contributed by atoms with Gasteiger partial charge in [-0.2, -0.15) is 5.10 Å². The molecule has 0 unspecified atom stereocenters. The van der Waals surface area contributed by atoms with Crippen molar-refractivity contribution in [1.29, 1.82) is 0 Å². The number of fused-ring (bicyclic) bond motifs is 1. The lowest BCUT2D eigenvalue weighted by molar-refractivity contribution is 0.102. The Labute approximate surface area is 207 Å². The van der Waals surface area contributed by atoms with E-state index in [1.165, 1.54) is 0 Å². The van der Waals surface area contributed by atoms with E-state index in [4.69, 9.17) is 10.1 Å². The average molecular weight is 468 g/mol. The summed E-state index contributed by atoms with van der Waals surface area (Å²) < 4.78 is 1.73. The van der Waals surface area contributed by atoms with Crippen molar-refractivity contribution in [3.8, 4) is 28.2 Å². The van der Waals surface area contributed by atoms with Gasteiger partial charge in [0.1, 0.15) is 5.69 Å². The number of rotatable bonds is 5. The summed E-state index contributed by atoms with van der Waals surface area (Å²) in [6.45, 7) is 0. The SMILES string of the molecule is O=C(Nc1ccc(-c2cnc3ccccc3n2)cc1)c1cn(-c2ccccc2)nc1-c1ccccc1. The molecule has 0 atom stereocenters. The molecule has 6 aromatic rings. The molecule has 1 amide bonds. The van der Waals surface area contributed by atoms with Crippen molar-refractivity contribution in [3.05, 3.63) is 127 Å². The van der Waals surface area contributed by atoms with Crippen LogP contribution in [-0.2, 0) is 0 Å². The summed E-state index contributed by atoms with van der Waals surface area (Å²) in [5.41, 5.74) is 6.97. The molecular formula is C30H21N5O. The van der Waals surface area contributed by atoms with Crippen LogP contribution in [-0.4, -0.2) is 25.7 Å². The van der Waals surface area contributed by atoms with E-state index in [9.17, 15) is 4.79 Å². The van der Waals surface area contributed by atoms with Crippen molar-refractivity contribution in [2.75, 3.05) is 5.32 Å². The molecule has 0 saturated carbocycles. The summed E-state index contributed by atoms with van der Waals surface area (Å²) in [6.07, 6.45) is 3.53. The molecule has 0 bridgehead atoms. The highest BCUT2D eigenvalue weighted by Crippen LogP contribution is 2.26. The molecule has 0 saturated heterocycles. The van der Waals surface area contributed by atoms with E-state index in [1.54, 1.807) is 17.1 Å². The summed E-state index contributed by atoms with van der Waals surface area (Å²) in [5, 5.41) is 7.75. The molecule has 0 aliphatic rings. The molecule has 1 N–H and O–H groups in total. The highest BCUT2D eigenvalue weighted by molar-refractivity contribution is 6.08. The molecule has 0 spiro atoms. The number of carbonyl (C=O) groups excluding carboxylic acids is 1. The van der Waals surface area contributed by atoms with E-state index in [2.05, 4.69) is 10.3 Å². The molecule has 0 aliphatic heterocycles. The van der Waals surface area contributed by atoms with Crippen LogP contribution in [0.3, 0.4) is 0 Å². The van der Waals surface area contributed by atoms with Crippen molar-refractivity contribution in [1.82, 2.24) is 19.7 Å².